The molecule has 2 unspecified atom stereocenters. The highest BCUT2D eigenvalue weighted by atomic mass is 19.4. The van der Waals surface area contributed by atoms with Gasteiger partial charge in [0.1, 0.15) is 6.10 Å². The highest BCUT2D eigenvalue weighted by Crippen LogP contribution is 2.37. The Bertz CT molecular complexity index is 1040. The Morgan fingerprint density at radius 2 is 1.83 bits per heavy atom. The molecule has 4 rings (SSSR count). The average Bonchev–Trinajstić information content (AvgIpc) is 3.02. The van der Waals surface area contributed by atoms with Gasteiger partial charge in [0, 0.05) is 0 Å². The molecule has 6 heteroatoms. The molecule has 30 heavy (non-hydrogen) atoms. The zero-order valence-electron chi connectivity index (χ0n) is 16.2. The molecule has 0 N–H and O–H groups in total. The van der Waals surface area contributed by atoms with Gasteiger partial charge in [-0.15, -0.1) is 0 Å². The maximum Gasteiger partial charge on any atom is 0.416 e. The van der Waals surface area contributed by atoms with Crippen molar-refractivity contribution < 1.29 is 22.7 Å². The molecule has 0 saturated carbocycles. The standard InChI is InChI=1S/C24H19F3NO2/c1-16-22(18-10-6-3-7-11-18)30-23(29)28(16)15-19-14-20(24(25,26)27)12-13-21(19)17-8-4-2-5-9-17/h2-4,6-14,16,22H,15H2,1H3. The molecule has 1 heterocycles. The van der Waals surface area contributed by atoms with E-state index in [1.807, 2.05) is 37.3 Å². The lowest BCUT2D eigenvalue weighted by Gasteiger charge is -2.23. The smallest absolute Gasteiger partial charge is 0.416 e. The number of nitrogens with zero attached hydrogens (tertiary/aromatic N) is 1. The molecule has 1 fully saturated rings. The first-order valence-corrected chi connectivity index (χ1v) is 9.53. The van der Waals surface area contributed by atoms with E-state index in [9.17, 15) is 18.0 Å². The van der Waals surface area contributed by atoms with Crippen LogP contribution in [0.25, 0.3) is 11.1 Å². The van der Waals surface area contributed by atoms with Gasteiger partial charge in [-0.3, -0.25) is 4.90 Å². The van der Waals surface area contributed by atoms with E-state index in [0.717, 1.165) is 23.3 Å². The number of benzene rings is 3. The second kappa shape index (κ2) is 7.86. The van der Waals surface area contributed by atoms with Crippen LogP contribution in [0, 0.1) is 6.07 Å². The molecule has 0 spiro atoms. The number of cyclic esters (lactones) is 1. The van der Waals surface area contributed by atoms with E-state index in [1.54, 1.807) is 24.3 Å². The number of ether oxygens (including phenoxy) is 1. The van der Waals surface area contributed by atoms with Crippen molar-refractivity contribution in [1.82, 2.24) is 4.90 Å². The molecule has 1 saturated heterocycles. The molecule has 1 aliphatic heterocycles. The number of alkyl halides is 3. The maximum absolute atomic E-state index is 13.3. The summed E-state index contributed by atoms with van der Waals surface area (Å²) in [5, 5.41) is 0. The van der Waals surface area contributed by atoms with Gasteiger partial charge in [0.05, 0.1) is 18.2 Å². The van der Waals surface area contributed by atoms with E-state index in [1.165, 1.54) is 11.0 Å². The number of carbonyl (C=O) groups excluding carboxylic acids is 1. The summed E-state index contributed by atoms with van der Waals surface area (Å²) in [6.45, 7) is 1.85. The molecule has 1 radical (unpaired) electrons. The highest BCUT2D eigenvalue weighted by Gasteiger charge is 2.40. The van der Waals surface area contributed by atoms with Crippen molar-refractivity contribution in [2.75, 3.05) is 0 Å². The van der Waals surface area contributed by atoms with E-state index in [-0.39, 0.29) is 12.6 Å². The molecule has 3 aromatic rings. The van der Waals surface area contributed by atoms with Gasteiger partial charge in [0.2, 0.25) is 0 Å². The van der Waals surface area contributed by atoms with E-state index in [4.69, 9.17) is 4.74 Å². The van der Waals surface area contributed by atoms with E-state index < -0.39 is 23.9 Å². The van der Waals surface area contributed by atoms with Crippen LogP contribution in [0.3, 0.4) is 0 Å². The van der Waals surface area contributed by atoms with E-state index >= 15 is 0 Å². The van der Waals surface area contributed by atoms with Gasteiger partial charge < -0.3 is 4.74 Å². The topological polar surface area (TPSA) is 29.5 Å². The molecule has 0 aromatic heterocycles. The predicted molar refractivity (Wildman–Crippen MR) is 106 cm³/mol. The van der Waals surface area contributed by atoms with E-state index in [2.05, 4.69) is 6.07 Å². The van der Waals surface area contributed by atoms with E-state index in [0.29, 0.717) is 11.1 Å². The maximum atomic E-state index is 13.3. The Hall–Kier alpha value is -3.28. The number of halogens is 3. The molecule has 0 bridgehead atoms. The van der Waals surface area contributed by atoms with Crippen LogP contribution in [0.1, 0.15) is 29.7 Å². The fourth-order valence-corrected chi connectivity index (χ4v) is 3.73. The van der Waals surface area contributed by atoms with Gasteiger partial charge in [-0.1, -0.05) is 54.6 Å². The Kier molecular flexibility index (Phi) is 5.24. The number of hydrogen-bond acceptors (Lipinski definition) is 2. The predicted octanol–water partition coefficient (Wildman–Crippen LogP) is 6.25. The SMILES string of the molecule is CC1C(c2ccccc2)OC(=O)N1Cc1cc(C(F)(F)F)ccc1-c1c[c]ccc1. The van der Waals surface area contributed by atoms with Crippen molar-refractivity contribution in [2.24, 2.45) is 0 Å². The summed E-state index contributed by atoms with van der Waals surface area (Å²) < 4.78 is 45.6. The third kappa shape index (κ3) is 3.90. The summed E-state index contributed by atoms with van der Waals surface area (Å²) in [4.78, 5) is 14.1. The molecule has 1 aliphatic rings. The third-order valence-corrected chi connectivity index (χ3v) is 5.31. The minimum absolute atomic E-state index is 0.0114. The lowest BCUT2D eigenvalue weighted by atomic mass is 9.96. The minimum Gasteiger partial charge on any atom is -0.439 e. The van der Waals surface area contributed by atoms with Gasteiger partial charge in [-0.2, -0.15) is 13.2 Å². The molecule has 1 amide bonds. The number of rotatable bonds is 4. The van der Waals surface area contributed by atoms with Crippen molar-refractivity contribution in [3.8, 4) is 11.1 Å². The number of carbonyl (C=O) groups is 1. The lowest BCUT2D eigenvalue weighted by Crippen LogP contribution is -2.31. The van der Waals surface area contributed by atoms with Crippen molar-refractivity contribution >= 4 is 6.09 Å². The first-order valence-electron chi connectivity index (χ1n) is 9.53. The summed E-state index contributed by atoms with van der Waals surface area (Å²) >= 11 is 0. The molecule has 3 nitrogen and oxygen atoms in total. The van der Waals surface area contributed by atoms with Crippen molar-refractivity contribution in [2.45, 2.75) is 31.8 Å². The summed E-state index contributed by atoms with van der Waals surface area (Å²) in [6, 6.07) is 22.6. The van der Waals surface area contributed by atoms with Crippen molar-refractivity contribution in [3.05, 3.63) is 95.6 Å². The van der Waals surface area contributed by atoms with Crippen LogP contribution in [-0.2, 0) is 17.5 Å². The number of amides is 1. The van der Waals surface area contributed by atoms with Crippen LogP contribution in [0.5, 0.6) is 0 Å². The molecule has 3 aromatic carbocycles. The molecular formula is C24H19F3NO2. The summed E-state index contributed by atoms with van der Waals surface area (Å²) in [7, 11) is 0. The van der Waals surface area contributed by atoms with Crippen LogP contribution in [0.4, 0.5) is 18.0 Å². The zero-order valence-corrected chi connectivity index (χ0v) is 16.2. The summed E-state index contributed by atoms with van der Waals surface area (Å²) in [6.07, 6.45) is -5.49. The average molecular weight is 410 g/mol. The Morgan fingerprint density at radius 1 is 1.07 bits per heavy atom. The van der Waals surface area contributed by atoms with Crippen LogP contribution in [0.15, 0.2) is 72.8 Å². The summed E-state index contributed by atoms with van der Waals surface area (Å²) in [5.74, 6) is 0. The molecular weight excluding hydrogens is 391 g/mol. The van der Waals surface area contributed by atoms with Gasteiger partial charge >= 0.3 is 12.3 Å². The first kappa shape index (κ1) is 20.0. The quantitative estimate of drug-likeness (QED) is 0.508. The molecule has 0 aliphatic carbocycles. The van der Waals surface area contributed by atoms with Gasteiger partial charge in [0.25, 0.3) is 0 Å². The van der Waals surface area contributed by atoms with Crippen LogP contribution in [0.2, 0.25) is 0 Å². The van der Waals surface area contributed by atoms with Crippen molar-refractivity contribution in [1.29, 1.82) is 0 Å². The monoisotopic (exact) mass is 410 g/mol. The van der Waals surface area contributed by atoms with Crippen LogP contribution in [-0.4, -0.2) is 17.0 Å². The van der Waals surface area contributed by atoms with Gasteiger partial charge in [0.15, 0.2) is 0 Å². The Morgan fingerprint density at radius 3 is 2.50 bits per heavy atom. The van der Waals surface area contributed by atoms with Crippen molar-refractivity contribution in [3.63, 3.8) is 0 Å². The normalized spacial score (nSPS) is 19.1. The highest BCUT2D eigenvalue weighted by molar-refractivity contribution is 5.73. The first-order chi connectivity index (χ1) is 14.3. The largest absolute Gasteiger partial charge is 0.439 e. The second-order valence-electron chi connectivity index (χ2n) is 7.25. The Balaban J connectivity index is 1.70. The fourth-order valence-electron chi connectivity index (χ4n) is 3.73. The zero-order chi connectivity index (χ0) is 21.3. The van der Waals surface area contributed by atoms with Crippen LogP contribution < -0.4 is 0 Å². The number of hydrogen-bond donors (Lipinski definition) is 0. The van der Waals surface area contributed by atoms with Gasteiger partial charge in [-0.25, -0.2) is 4.79 Å². The van der Waals surface area contributed by atoms with Gasteiger partial charge in [-0.05, 0) is 53.4 Å². The minimum atomic E-state index is -4.47. The molecule has 2 atom stereocenters. The Labute approximate surface area is 172 Å². The second-order valence-corrected chi connectivity index (χ2v) is 7.25. The fraction of sp³-hybridized carbons (Fsp3) is 0.208. The third-order valence-electron chi connectivity index (χ3n) is 5.31. The molecule has 153 valence electrons. The lowest BCUT2D eigenvalue weighted by molar-refractivity contribution is -0.137. The van der Waals surface area contributed by atoms with Crippen LogP contribution >= 0.6 is 0 Å². The summed E-state index contributed by atoms with van der Waals surface area (Å²) in [5.41, 5.74) is 1.87.